The molecule has 0 aromatic rings. The van der Waals surface area contributed by atoms with Gasteiger partial charge in [0.1, 0.15) is 6.23 Å². The molecule has 1 saturated carbocycles. The molecular weight excluding hydrogens is 548 g/mol. The fourth-order valence-electron chi connectivity index (χ4n) is 3.36. The lowest BCUT2D eigenvalue weighted by Gasteiger charge is -2.18. The van der Waals surface area contributed by atoms with Crippen molar-refractivity contribution >= 4 is 10.8 Å². The Bertz CT molecular complexity index is 621. The second-order valence-electron chi connectivity index (χ2n) is 12.0. The normalized spacial score (nSPS) is 14.4. The largest absolute Gasteiger partial charge is 0.377 e. The smallest absolute Gasteiger partial charge is 0.121 e. The number of hydrazine groups is 1. The fraction of sp³-hybridized carbons (Fsp3) is 0.842. The molecule has 0 saturated heterocycles. The van der Waals surface area contributed by atoms with Crippen LogP contribution in [0.4, 0.5) is 0 Å². The lowest BCUT2D eigenvalue weighted by atomic mass is 9.91. The van der Waals surface area contributed by atoms with E-state index in [0.29, 0.717) is 17.8 Å². The molecule has 4 nitrogen and oxygen atoms in total. The van der Waals surface area contributed by atoms with Gasteiger partial charge in [0.05, 0.1) is 0 Å². The lowest BCUT2D eigenvalue weighted by Crippen LogP contribution is -2.41. The molecule has 5 heteroatoms. The van der Waals surface area contributed by atoms with Gasteiger partial charge in [-0.15, -0.1) is 0 Å². The van der Waals surface area contributed by atoms with Crippen molar-refractivity contribution in [3.8, 4) is 0 Å². The van der Waals surface area contributed by atoms with E-state index >= 15 is 0 Å². The highest BCUT2D eigenvalue weighted by atomic mass is 32.2. The second kappa shape index (κ2) is 41.1. The van der Waals surface area contributed by atoms with Crippen molar-refractivity contribution in [2.45, 2.75) is 174 Å². The van der Waals surface area contributed by atoms with Crippen LogP contribution in [0.3, 0.4) is 0 Å². The van der Waals surface area contributed by atoms with Gasteiger partial charge < -0.3 is 10.5 Å². The Labute approximate surface area is 275 Å². The summed E-state index contributed by atoms with van der Waals surface area (Å²) in [5.74, 6) is 4.28. The molecule has 43 heavy (non-hydrogen) atoms. The van der Waals surface area contributed by atoms with Crippen LogP contribution in [0.1, 0.15) is 168 Å². The van der Waals surface area contributed by atoms with Gasteiger partial charge >= 0.3 is 0 Å². The number of aliphatic hydroxyl groups excluding tert-OH is 1. The number of aliphatic hydroxyl groups is 1. The van der Waals surface area contributed by atoms with Crippen LogP contribution < -0.4 is 10.9 Å². The van der Waals surface area contributed by atoms with Crippen molar-refractivity contribution in [2.24, 2.45) is 23.7 Å². The molecule has 0 amide bonds. The third-order valence-electron chi connectivity index (χ3n) is 6.41. The minimum atomic E-state index is -0.557. The molecule has 2 unspecified atom stereocenters. The SMILES string of the molecule is C=C(NNC(O)CCC(C)C)C(C)C.CC.CC.CC/C=C\CC=C(C)CC.CC1CCCCC1.CCS(=O)CC(C)C. The predicted octanol–water partition coefficient (Wildman–Crippen LogP) is 11.8. The van der Waals surface area contributed by atoms with Gasteiger partial charge in [-0.05, 0) is 62.7 Å². The summed E-state index contributed by atoms with van der Waals surface area (Å²) < 4.78 is 10.7. The van der Waals surface area contributed by atoms with Gasteiger partial charge in [0, 0.05) is 28.0 Å². The van der Waals surface area contributed by atoms with E-state index in [4.69, 9.17) is 0 Å². The highest BCUT2D eigenvalue weighted by Crippen LogP contribution is 2.22. The first kappa shape index (κ1) is 51.7. The first-order chi connectivity index (χ1) is 20.3. The zero-order valence-electron chi connectivity index (χ0n) is 32.1. The standard InChI is InChI=1S/C11H24N2O.C10H18.C7H14.C6H14OS.2C2H6/c1-8(2)6-7-11(14)13-12-10(5)9(3)4;1-4-6-7-8-9-10(3)5-2;1-7-5-3-2-4-6-7;1-4-8(7)5-6(2)3;2*1-2/h8-9,11-14H,5-7H2,1-4H3;6-7,9H,4-5,8H2,1-3H3;7H,2-6H2,1H3;6H,4-5H2,1-3H3;2*1-2H3/b;7-6-,10-9?;;;;. The molecule has 1 rings (SSSR count). The second-order valence-corrected chi connectivity index (χ2v) is 13.8. The van der Waals surface area contributed by atoms with Crippen LogP contribution in [0.15, 0.2) is 36.1 Å². The monoisotopic (exact) mass is 631 g/mol. The van der Waals surface area contributed by atoms with Crippen molar-refractivity contribution in [1.82, 2.24) is 10.9 Å². The summed E-state index contributed by atoms with van der Waals surface area (Å²) in [6.45, 7) is 35.3. The maximum Gasteiger partial charge on any atom is 0.121 e. The molecule has 1 aliphatic rings. The quantitative estimate of drug-likeness (QED) is 0.101. The van der Waals surface area contributed by atoms with Crippen molar-refractivity contribution in [2.75, 3.05) is 11.5 Å². The zero-order chi connectivity index (χ0) is 34.6. The topological polar surface area (TPSA) is 61.4 Å². The minimum absolute atomic E-state index is 0.375. The van der Waals surface area contributed by atoms with Crippen LogP contribution in [0.5, 0.6) is 0 Å². The Balaban J connectivity index is -0.000000147. The van der Waals surface area contributed by atoms with Crippen molar-refractivity contribution in [3.05, 3.63) is 36.1 Å². The van der Waals surface area contributed by atoms with Gasteiger partial charge in [-0.3, -0.25) is 4.21 Å². The van der Waals surface area contributed by atoms with Crippen molar-refractivity contribution < 1.29 is 9.32 Å². The molecule has 0 aromatic carbocycles. The van der Waals surface area contributed by atoms with Gasteiger partial charge in [0.25, 0.3) is 0 Å². The van der Waals surface area contributed by atoms with Crippen LogP contribution >= 0.6 is 0 Å². The van der Waals surface area contributed by atoms with Gasteiger partial charge in [-0.2, -0.15) is 0 Å². The van der Waals surface area contributed by atoms with E-state index < -0.39 is 17.0 Å². The van der Waals surface area contributed by atoms with Gasteiger partial charge in [-0.1, -0.05) is 159 Å². The molecule has 0 aromatic heterocycles. The van der Waals surface area contributed by atoms with E-state index in [0.717, 1.165) is 48.8 Å². The summed E-state index contributed by atoms with van der Waals surface area (Å²) >= 11 is 0. The average Bonchev–Trinajstić information content (AvgIpc) is 2.99. The van der Waals surface area contributed by atoms with Crippen LogP contribution in [0, 0.1) is 23.7 Å². The molecule has 2 atom stereocenters. The first-order valence-corrected chi connectivity index (χ1v) is 19.3. The van der Waals surface area contributed by atoms with Crippen molar-refractivity contribution in [3.63, 3.8) is 0 Å². The summed E-state index contributed by atoms with van der Waals surface area (Å²) in [5.41, 5.74) is 8.12. The molecule has 0 heterocycles. The molecule has 0 bridgehead atoms. The van der Waals surface area contributed by atoms with Crippen LogP contribution in [0.25, 0.3) is 0 Å². The first-order valence-electron chi connectivity index (χ1n) is 17.8. The van der Waals surface area contributed by atoms with E-state index in [9.17, 15) is 9.32 Å². The number of hydrogen-bond acceptors (Lipinski definition) is 4. The number of hydrogen-bond donors (Lipinski definition) is 3. The maximum atomic E-state index is 10.7. The summed E-state index contributed by atoms with van der Waals surface area (Å²) in [6, 6.07) is 0. The van der Waals surface area contributed by atoms with Crippen molar-refractivity contribution in [1.29, 1.82) is 0 Å². The minimum Gasteiger partial charge on any atom is -0.377 e. The lowest BCUT2D eigenvalue weighted by molar-refractivity contribution is 0.107. The Morgan fingerprint density at radius 2 is 1.44 bits per heavy atom. The Morgan fingerprint density at radius 3 is 1.77 bits per heavy atom. The van der Waals surface area contributed by atoms with Crippen LogP contribution in [0.2, 0.25) is 0 Å². The number of nitrogens with one attached hydrogen (secondary N) is 2. The molecule has 0 spiro atoms. The summed E-state index contributed by atoms with van der Waals surface area (Å²) in [4.78, 5) is 0. The van der Waals surface area contributed by atoms with E-state index in [1.165, 1.54) is 44.1 Å². The Hall–Kier alpha value is -0.910. The molecule has 262 valence electrons. The van der Waals surface area contributed by atoms with Crippen LogP contribution in [-0.4, -0.2) is 27.0 Å². The van der Waals surface area contributed by atoms with Gasteiger partial charge in [0.15, 0.2) is 0 Å². The molecular formula is C38H82N2O2S. The van der Waals surface area contributed by atoms with Crippen LogP contribution in [-0.2, 0) is 10.8 Å². The zero-order valence-corrected chi connectivity index (χ0v) is 32.9. The highest BCUT2D eigenvalue weighted by molar-refractivity contribution is 7.84. The number of allylic oxidation sites excluding steroid dienone is 5. The molecule has 0 radical (unpaired) electrons. The predicted molar refractivity (Wildman–Crippen MR) is 202 cm³/mol. The fourth-order valence-corrected chi connectivity index (χ4v) is 4.34. The highest BCUT2D eigenvalue weighted by Gasteiger charge is 2.06. The summed E-state index contributed by atoms with van der Waals surface area (Å²) in [6.07, 6.45) is 18.9. The van der Waals surface area contributed by atoms with E-state index in [1.54, 1.807) is 0 Å². The van der Waals surface area contributed by atoms with E-state index in [-0.39, 0.29) is 0 Å². The summed E-state index contributed by atoms with van der Waals surface area (Å²) in [7, 11) is -0.557. The van der Waals surface area contributed by atoms with E-state index in [1.807, 2.05) is 34.6 Å². The molecule has 1 aliphatic carbocycles. The number of rotatable bonds is 14. The maximum absolute atomic E-state index is 10.7. The third kappa shape index (κ3) is 51.0. The van der Waals surface area contributed by atoms with E-state index in [2.05, 4.69) is 105 Å². The van der Waals surface area contributed by atoms with Gasteiger partial charge in [-0.25, -0.2) is 5.43 Å². The molecule has 1 fully saturated rings. The average molecular weight is 631 g/mol. The molecule has 0 aliphatic heterocycles. The third-order valence-corrected chi connectivity index (χ3v) is 8.09. The van der Waals surface area contributed by atoms with Gasteiger partial charge in [0.2, 0.25) is 0 Å². The Kier molecular flexibility index (Phi) is 49.4. The Morgan fingerprint density at radius 1 is 0.907 bits per heavy atom. The molecule has 3 N–H and O–H groups in total. The summed E-state index contributed by atoms with van der Waals surface area (Å²) in [5, 5.41) is 9.51.